The Balaban J connectivity index is 2.06. The fourth-order valence-corrected chi connectivity index (χ4v) is 2.98. The van der Waals surface area contributed by atoms with Gasteiger partial charge in [0.05, 0.1) is 14.6 Å². The van der Waals surface area contributed by atoms with E-state index in [0.717, 1.165) is 15.2 Å². The molecule has 2 nitrogen and oxygen atoms in total. The van der Waals surface area contributed by atoms with Gasteiger partial charge in [-0.2, -0.15) is 0 Å². The summed E-state index contributed by atoms with van der Waals surface area (Å²) in [4.78, 5) is 0. The van der Waals surface area contributed by atoms with Gasteiger partial charge in [0.15, 0.2) is 5.75 Å². The summed E-state index contributed by atoms with van der Waals surface area (Å²) in [6, 6.07) is 14.4. The van der Waals surface area contributed by atoms with Gasteiger partial charge in [0.25, 0.3) is 0 Å². The summed E-state index contributed by atoms with van der Waals surface area (Å²) >= 11 is 6.62. The normalized spacial score (nSPS) is 10.8. The van der Waals surface area contributed by atoms with E-state index in [1.54, 1.807) is 0 Å². The molecular weight excluding hydrogens is 401 g/mol. The smallest absolute Gasteiger partial charge is 0.153 e. The van der Waals surface area contributed by atoms with Crippen molar-refractivity contribution in [3.63, 3.8) is 0 Å². The number of halogens is 3. The third-order valence-electron chi connectivity index (χ3n) is 3.10. The standard InChI is InChI=1S/C16H10Br2FNO/c17-11-7-13(20)15(8-12(11)19)21-14-6-5-9-3-1-2-4-10(9)16(14)18/h1-8H,20H2. The van der Waals surface area contributed by atoms with Crippen LogP contribution in [-0.2, 0) is 0 Å². The van der Waals surface area contributed by atoms with Gasteiger partial charge in [0, 0.05) is 6.07 Å². The number of nitrogens with two attached hydrogens (primary N) is 1. The molecule has 2 N–H and O–H groups in total. The molecule has 0 saturated heterocycles. The number of rotatable bonds is 2. The molecular formula is C16H10Br2FNO. The van der Waals surface area contributed by atoms with Crippen LogP contribution in [0.4, 0.5) is 10.1 Å². The monoisotopic (exact) mass is 409 g/mol. The van der Waals surface area contributed by atoms with Crippen molar-refractivity contribution in [1.29, 1.82) is 0 Å². The highest BCUT2D eigenvalue weighted by Gasteiger charge is 2.11. The Hall–Kier alpha value is -1.59. The van der Waals surface area contributed by atoms with E-state index in [4.69, 9.17) is 10.5 Å². The Morgan fingerprint density at radius 1 is 0.952 bits per heavy atom. The van der Waals surface area contributed by atoms with E-state index in [1.807, 2.05) is 36.4 Å². The highest BCUT2D eigenvalue weighted by Crippen LogP contribution is 2.38. The van der Waals surface area contributed by atoms with Gasteiger partial charge in [-0.15, -0.1) is 0 Å². The third-order valence-corrected chi connectivity index (χ3v) is 4.53. The summed E-state index contributed by atoms with van der Waals surface area (Å²) in [5.74, 6) is 0.449. The average Bonchev–Trinajstić information content (AvgIpc) is 2.48. The van der Waals surface area contributed by atoms with Crippen molar-refractivity contribution < 1.29 is 9.13 Å². The number of anilines is 1. The summed E-state index contributed by atoms with van der Waals surface area (Å²) < 4.78 is 20.5. The lowest BCUT2D eigenvalue weighted by atomic mass is 10.1. The van der Waals surface area contributed by atoms with Crippen molar-refractivity contribution >= 4 is 48.3 Å². The van der Waals surface area contributed by atoms with E-state index in [9.17, 15) is 4.39 Å². The molecule has 0 aromatic heterocycles. The van der Waals surface area contributed by atoms with Crippen LogP contribution in [0.5, 0.6) is 11.5 Å². The molecule has 0 spiro atoms. The van der Waals surface area contributed by atoms with Gasteiger partial charge < -0.3 is 10.5 Å². The van der Waals surface area contributed by atoms with E-state index in [0.29, 0.717) is 15.9 Å². The SMILES string of the molecule is Nc1cc(Br)c(F)cc1Oc1ccc2ccccc2c1Br. The first-order valence-electron chi connectivity index (χ1n) is 6.16. The second-order valence-corrected chi connectivity index (χ2v) is 6.15. The predicted octanol–water partition coefficient (Wildman–Crippen LogP) is 5.88. The van der Waals surface area contributed by atoms with Crippen LogP contribution in [-0.4, -0.2) is 0 Å². The van der Waals surface area contributed by atoms with Crippen LogP contribution in [0.25, 0.3) is 10.8 Å². The van der Waals surface area contributed by atoms with E-state index in [1.165, 1.54) is 12.1 Å². The van der Waals surface area contributed by atoms with Gasteiger partial charge in [0.1, 0.15) is 11.6 Å². The molecule has 0 radical (unpaired) electrons. The lowest BCUT2D eigenvalue weighted by Crippen LogP contribution is -1.94. The largest absolute Gasteiger partial charge is 0.454 e. The molecule has 21 heavy (non-hydrogen) atoms. The van der Waals surface area contributed by atoms with Crippen LogP contribution < -0.4 is 10.5 Å². The molecule has 0 bridgehead atoms. The van der Waals surface area contributed by atoms with Crippen molar-refractivity contribution in [2.24, 2.45) is 0 Å². The highest BCUT2D eigenvalue weighted by molar-refractivity contribution is 9.11. The maximum atomic E-state index is 13.6. The Bertz CT molecular complexity index is 836. The molecule has 0 saturated carbocycles. The van der Waals surface area contributed by atoms with Crippen molar-refractivity contribution in [3.05, 3.63) is 63.3 Å². The summed E-state index contributed by atoms with van der Waals surface area (Å²) in [7, 11) is 0. The van der Waals surface area contributed by atoms with E-state index >= 15 is 0 Å². The topological polar surface area (TPSA) is 35.2 Å². The molecule has 3 aromatic carbocycles. The lowest BCUT2D eigenvalue weighted by Gasteiger charge is -2.12. The molecule has 3 rings (SSSR count). The van der Waals surface area contributed by atoms with Crippen molar-refractivity contribution in [2.45, 2.75) is 0 Å². The van der Waals surface area contributed by atoms with Crippen LogP contribution >= 0.6 is 31.9 Å². The van der Waals surface area contributed by atoms with Crippen LogP contribution in [0.1, 0.15) is 0 Å². The zero-order valence-electron chi connectivity index (χ0n) is 10.7. The van der Waals surface area contributed by atoms with E-state index < -0.39 is 5.82 Å². The van der Waals surface area contributed by atoms with Gasteiger partial charge in [-0.1, -0.05) is 30.3 Å². The number of hydrogen-bond donors (Lipinski definition) is 1. The molecule has 0 atom stereocenters. The Morgan fingerprint density at radius 3 is 2.52 bits per heavy atom. The summed E-state index contributed by atoms with van der Waals surface area (Å²) in [5.41, 5.74) is 6.23. The zero-order chi connectivity index (χ0) is 15.0. The van der Waals surface area contributed by atoms with Gasteiger partial charge in [-0.3, -0.25) is 0 Å². The summed E-state index contributed by atoms with van der Waals surface area (Å²) in [6.45, 7) is 0. The van der Waals surface area contributed by atoms with E-state index in [-0.39, 0.29) is 5.75 Å². The molecule has 5 heteroatoms. The van der Waals surface area contributed by atoms with Crippen molar-refractivity contribution in [1.82, 2.24) is 0 Å². The third kappa shape index (κ3) is 2.76. The van der Waals surface area contributed by atoms with Gasteiger partial charge in [0.2, 0.25) is 0 Å². The summed E-state index contributed by atoms with van der Waals surface area (Å²) in [6.07, 6.45) is 0. The quantitative estimate of drug-likeness (QED) is 0.535. The number of fused-ring (bicyclic) bond motifs is 1. The van der Waals surface area contributed by atoms with Gasteiger partial charge in [-0.05, 0) is 54.8 Å². The predicted molar refractivity (Wildman–Crippen MR) is 90.2 cm³/mol. The van der Waals surface area contributed by atoms with Crippen LogP contribution in [0.3, 0.4) is 0 Å². The number of benzene rings is 3. The molecule has 0 unspecified atom stereocenters. The minimum absolute atomic E-state index is 0.284. The number of nitrogen functional groups attached to an aromatic ring is 1. The molecule has 0 aliphatic rings. The first kappa shape index (κ1) is 14.4. The maximum Gasteiger partial charge on any atom is 0.153 e. The maximum absolute atomic E-state index is 13.6. The Kier molecular flexibility index (Phi) is 3.87. The minimum Gasteiger partial charge on any atom is -0.454 e. The van der Waals surface area contributed by atoms with Crippen molar-refractivity contribution in [2.75, 3.05) is 5.73 Å². The van der Waals surface area contributed by atoms with Crippen LogP contribution in [0.2, 0.25) is 0 Å². The first-order chi connectivity index (χ1) is 10.1. The molecule has 0 amide bonds. The van der Waals surface area contributed by atoms with Gasteiger partial charge in [-0.25, -0.2) is 4.39 Å². The van der Waals surface area contributed by atoms with Crippen LogP contribution in [0, 0.1) is 5.82 Å². The van der Waals surface area contributed by atoms with Crippen molar-refractivity contribution in [3.8, 4) is 11.5 Å². The average molecular weight is 411 g/mol. The van der Waals surface area contributed by atoms with E-state index in [2.05, 4.69) is 31.9 Å². The molecule has 0 heterocycles. The first-order valence-corrected chi connectivity index (χ1v) is 7.74. The molecule has 0 fully saturated rings. The Morgan fingerprint density at radius 2 is 1.71 bits per heavy atom. The fourth-order valence-electron chi connectivity index (χ4n) is 2.04. The molecule has 3 aromatic rings. The molecule has 0 aliphatic carbocycles. The Labute approximate surface area is 138 Å². The zero-order valence-corrected chi connectivity index (χ0v) is 13.9. The minimum atomic E-state index is -0.420. The highest BCUT2D eigenvalue weighted by atomic mass is 79.9. The van der Waals surface area contributed by atoms with Gasteiger partial charge >= 0.3 is 0 Å². The second-order valence-electron chi connectivity index (χ2n) is 4.51. The molecule has 106 valence electrons. The van der Waals surface area contributed by atoms with Crippen LogP contribution in [0.15, 0.2) is 57.5 Å². The lowest BCUT2D eigenvalue weighted by molar-refractivity contribution is 0.476. The molecule has 0 aliphatic heterocycles. The summed E-state index contributed by atoms with van der Waals surface area (Å²) in [5, 5.41) is 2.11. The number of hydrogen-bond acceptors (Lipinski definition) is 2. The fraction of sp³-hybridized carbons (Fsp3) is 0. The number of ether oxygens (including phenoxy) is 1. The second kappa shape index (κ2) is 5.66.